The molecule has 2 saturated carbocycles. The highest BCUT2D eigenvalue weighted by Gasteiger charge is 2.54. The Morgan fingerprint density at radius 1 is 0.940 bits per heavy atom. The minimum absolute atomic E-state index is 0.144. The highest BCUT2D eigenvalue weighted by Crippen LogP contribution is 2.57. The number of nitrogens with two attached hydrogens (primary N) is 1. The van der Waals surface area contributed by atoms with Crippen molar-refractivity contribution in [2.75, 3.05) is 36.9 Å². The molecule has 5 heterocycles. The van der Waals surface area contributed by atoms with Gasteiger partial charge in [-0.15, -0.1) is 10.2 Å². The number of likely N-dealkylation sites (tertiary alicyclic amines) is 1. The average molecular weight is 675 g/mol. The molecule has 0 radical (unpaired) electrons. The van der Waals surface area contributed by atoms with Crippen molar-refractivity contribution in [2.45, 2.75) is 75.3 Å². The van der Waals surface area contributed by atoms with Crippen molar-refractivity contribution < 1.29 is 19.4 Å². The molecule has 50 heavy (non-hydrogen) atoms. The van der Waals surface area contributed by atoms with E-state index in [2.05, 4.69) is 54.8 Å². The Bertz CT molecular complexity index is 1960. The van der Waals surface area contributed by atoms with Gasteiger partial charge in [0.2, 0.25) is 11.8 Å². The van der Waals surface area contributed by atoms with Gasteiger partial charge < -0.3 is 20.5 Å². The van der Waals surface area contributed by atoms with Gasteiger partial charge in [-0.2, -0.15) is 5.10 Å². The quantitative estimate of drug-likeness (QED) is 0.249. The van der Waals surface area contributed by atoms with Crippen LogP contribution in [0.4, 0.5) is 11.5 Å². The number of nitrogens with one attached hydrogen (secondary N) is 1. The maximum Gasteiger partial charge on any atom is 0.249 e. The van der Waals surface area contributed by atoms with Gasteiger partial charge in [0, 0.05) is 37.3 Å². The molecule has 12 nitrogen and oxygen atoms in total. The molecule has 0 bridgehead atoms. The van der Waals surface area contributed by atoms with E-state index in [9.17, 15) is 14.7 Å². The predicted octanol–water partition coefficient (Wildman–Crippen LogP) is 4.53. The number of aromatic nitrogens is 4. The topological polar surface area (TPSA) is 152 Å². The lowest BCUT2D eigenvalue weighted by Gasteiger charge is -2.61. The van der Waals surface area contributed by atoms with E-state index in [1.54, 1.807) is 22.9 Å². The number of carbonyl (C=O) groups is 2. The third kappa shape index (κ3) is 5.37. The zero-order chi connectivity index (χ0) is 34.0. The van der Waals surface area contributed by atoms with E-state index in [1.165, 1.54) is 49.9 Å². The van der Waals surface area contributed by atoms with Crippen molar-refractivity contribution in [3.8, 4) is 28.4 Å². The number of amides is 2. The number of benzene rings is 2. The number of phenolic OH excluding ortho intramolecular Hbond substituents is 1. The molecule has 2 saturated heterocycles. The summed E-state index contributed by atoms with van der Waals surface area (Å²) in [6.07, 6.45) is 11.9. The number of aromatic hydroxyl groups is 1. The first kappa shape index (κ1) is 31.0. The third-order valence-electron chi connectivity index (χ3n) is 11.9. The molecule has 4 N–H and O–H groups in total. The zero-order valence-electron chi connectivity index (χ0n) is 28.0. The Morgan fingerprint density at radius 3 is 2.56 bits per heavy atom. The number of fused-ring (bicyclic) bond motifs is 1. The van der Waals surface area contributed by atoms with Gasteiger partial charge in [-0.1, -0.05) is 24.3 Å². The van der Waals surface area contributed by atoms with E-state index in [4.69, 9.17) is 10.5 Å². The van der Waals surface area contributed by atoms with E-state index in [0.29, 0.717) is 72.0 Å². The number of nitrogens with zero attached hydrogens (tertiary/aromatic N) is 6. The molecule has 1 atom stereocenters. The second-order valence-corrected chi connectivity index (χ2v) is 15.0. The summed E-state index contributed by atoms with van der Waals surface area (Å²) in [6, 6.07) is 15.5. The van der Waals surface area contributed by atoms with Crippen LogP contribution in [0.15, 0.2) is 60.9 Å². The predicted molar refractivity (Wildman–Crippen MR) is 187 cm³/mol. The van der Waals surface area contributed by atoms with Crippen LogP contribution in [0, 0.1) is 5.41 Å². The Labute approximate surface area is 290 Å². The number of ether oxygens (including phenoxy) is 1. The van der Waals surface area contributed by atoms with Crippen LogP contribution in [0.3, 0.4) is 0 Å². The summed E-state index contributed by atoms with van der Waals surface area (Å²) in [6.45, 7) is 3.53. The highest BCUT2D eigenvalue weighted by atomic mass is 16.5. The van der Waals surface area contributed by atoms with Crippen molar-refractivity contribution in [2.24, 2.45) is 5.41 Å². The number of piperidine rings is 1. The van der Waals surface area contributed by atoms with Crippen LogP contribution < -0.4 is 20.7 Å². The maximum atomic E-state index is 12.7. The zero-order valence-corrected chi connectivity index (χ0v) is 28.0. The minimum atomic E-state index is -0.329. The van der Waals surface area contributed by atoms with E-state index in [-0.39, 0.29) is 23.6 Å². The number of para-hydroxylation sites is 2. The summed E-state index contributed by atoms with van der Waals surface area (Å²) < 4.78 is 8.05. The Kier molecular flexibility index (Phi) is 7.52. The van der Waals surface area contributed by atoms with E-state index < -0.39 is 0 Å². The number of phenols is 1. The summed E-state index contributed by atoms with van der Waals surface area (Å²) >= 11 is 0. The molecule has 5 aliphatic rings. The fourth-order valence-electron chi connectivity index (χ4n) is 9.30. The summed E-state index contributed by atoms with van der Waals surface area (Å²) in [4.78, 5) is 29.3. The van der Waals surface area contributed by atoms with Gasteiger partial charge in [0.05, 0.1) is 24.1 Å². The van der Waals surface area contributed by atoms with Gasteiger partial charge in [0.15, 0.2) is 5.82 Å². The van der Waals surface area contributed by atoms with Crippen LogP contribution in [0.25, 0.3) is 16.9 Å². The molecule has 2 aliphatic carbocycles. The molecular formula is C38H42N8O4. The molecule has 2 amide bonds. The molecule has 258 valence electrons. The molecule has 12 heteroatoms. The van der Waals surface area contributed by atoms with Crippen LogP contribution >= 0.6 is 0 Å². The van der Waals surface area contributed by atoms with Crippen molar-refractivity contribution in [3.05, 3.63) is 72.1 Å². The van der Waals surface area contributed by atoms with E-state index in [0.717, 1.165) is 24.3 Å². The monoisotopic (exact) mass is 674 g/mol. The SMILES string of the molecule is Nc1nnc(-c2ccccc2O)cc1-n1cc(C2CC3(C2)CN(C2CCC(c4cccc5c4OCCN5[C@@H]4CCC(=O)NC4=O)CC2)C3)cn1. The van der Waals surface area contributed by atoms with Gasteiger partial charge in [0.1, 0.15) is 29.8 Å². The molecule has 2 aromatic carbocycles. The van der Waals surface area contributed by atoms with Gasteiger partial charge in [-0.25, -0.2) is 4.68 Å². The first-order chi connectivity index (χ1) is 24.3. The number of carbonyl (C=O) groups excluding carboxylic acids is 2. The Hall–Kier alpha value is -4.97. The number of hydrogen-bond donors (Lipinski definition) is 3. The smallest absolute Gasteiger partial charge is 0.249 e. The molecule has 4 fully saturated rings. The van der Waals surface area contributed by atoms with Gasteiger partial charge in [0.25, 0.3) is 0 Å². The number of rotatable bonds is 6. The minimum Gasteiger partial charge on any atom is -0.507 e. The normalized spacial score (nSPS) is 25.0. The van der Waals surface area contributed by atoms with Crippen molar-refractivity contribution in [1.29, 1.82) is 0 Å². The molecule has 4 aromatic rings. The van der Waals surface area contributed by atoms with Gasteiger partial charge in [-0.3, -0.25) is 19.8 Å². The number of nitrogen functional groups attached to an aromatic ring is 1. The fourth-order valence-corrected chi connectivity index (χ4v) is 9.30. The van der Waals surface area contributed by atoms with Crippen LogP contribution in [-0.4, -0.2) is 80.1 Å². The maximum absolute atomic E-state index is 12.7. The Morgan fingerprint density at radius 2 is 1.76 bits per heavy atom. The summed E-state index contributed by atoms with van der Waals surface area (Å²) in [5.74, 6) is 1.91. The van der Waals surface area contributed by atoms with Crippen LogP contribution in [0.1, 0.15) is 74.3 Å². The van der Waals surface area contributed by atoms with E-state index in [1.807, 2.05) is 18.3 Å². The second kappa shape index (κ2) is 12.1. The molecule has 2 aromatic heterocycles. The second-order valence-electron chi connectivity index (χ2n) is 15.0. The lowest BCUT2D eigenvalue weighted by atomic mass is 9.56. The standard InChI is InChI=1S/C38H42N8O4/c39-36-32(16-29(42-43-36)28-4-1-2-7-33(28)47)46-20-25(19-40-46)24-17-38(18-24)21-44(22-38)26-10-8-23(9-11-26)27-5-3-6-30-35(27)50-15-14-45(30)31-12-13-34(48)41-37(31)49/h1-7,16,19-20,23-24,26,31,47H,8-15,17-18,21-22H2,(H2,39,43)(H,41,48,49)/t23?,26?,31-/m1/s1. The molecule has 3 aliphatic heterocycles. The lowest BCUT2D eigenvalue weighted by molar-refractivity contribution is -0.134. The van der Waals surface area contributed by atoms with Crippen LogP contribution in [-0.2, 0) is 9.59 Å². The van der Waals surface area contributed by atoms with Crippen molar-refractivity contribution >= 4 is 23.3 Å². The lowest BCUT2D eigenvalue weighted by Crippen LogP contribution is -2.64. The number of hydrogen-bond acceptors (Lipinski definition) is 10. The molecular weight excluding hydrogens is 632 g/mol. The number of imide groups is 1. The molecule has 1 spiro atoms. The summed E-state index contributed by atoms with van der Waals surface area (Å²) in [7, 11) is 0. The van der Waals surface area contributed by atoms with Gasteiger partial charge in [-0.05, 0) is 97.6 Å². The summed E-state index contributed by atoms with van der Waals surface area (Å²) in [5.41, 5.74) is 11.9. The van der Waals surface area contributed by atoms with Crippen LogP contribution in [0.2, 0.25) is 0 Å². The van der Waals surface area contributed by atoms with E-state index >= 15 is 0 Å². The van der Waals surface area contributed by atoms with Crippen LogP contribution in [0.5, 0.6) is 11.5 Å². The molecule has 0 unspecified atom stereocenters. The first-order valence-electron chi connectivity index (χ1n) is 17.9. The van der Waals surface area contributed by atoms with Crippen molar-refractivity contribution in [1.82, 2.24) is 30.2 Å². The first-order valence-corrected chi connectivity index (χ1v) is 17.9. The average Bonchev–Trinajstić information content (AvgIpc) is 3.57. The highest BCUT2D eigenvalue weighted by molar-refractivity contribution is 6.02. The third-order valence-corrected chi connectivity index (χ3v) is 11.9. The van der Waals surface area contributed by atoms with Gasteiger partial charge >= 0.3 is 0 Å². The summed E-state index contributed by atoms with van der Waals surface area (Å²) in [5, 5.41) is 25.8. The Balaban J connectivity index is 0.798. The fraction of sp³-hybridized carbons (Fsp3) is 0.447. The largest absolute Gasteiger partial charge is 0.507 e. The van der Waals surface area contributed by atoms with Crippen molar-refractivity contribution in [3.63, 3.8) is 0 Å². The number of anilines is 2. The molecule has 9 rings (SSSR count).